The first-order valence-electron chi connectivity index (χ1n) is 8.99. The monoisotopic (exact) mass is 467 g/mol. The van der Waals surface area contributed by atoms with Crippen molar-refractivity contribution in [3.05, 3.63) is 64.5 Å². The van der Waals surface area contributed by atoms with E-state index in [0.29, 0.717) is 12.2 Å². The third kappa shape index (κ3) is 5.22. The molecule has 3 aromatic rings. The fourth-order valence-corrected chi connectivity index (χ4v) is 4.49. The summed E-state index contributed by atoms with van der Waals surface area (Å²) in [5, 5.41) is 5.94. The van der Waals surface area contributed by atoms with Crippen LogP contribution in [0.4, 0.5) is 25.4 Å². The molecular formula is C19H19F2N5O3S2. The van der Waals surface area contributed by atoms with Crippen LogP contribution >= 0.6 is 11.3 Å². The zero-order valence-corrected chi connectivity index (χ0v) is 17.9. The minimum atomic E-state index is -3.64. The molecule has 0 atom stereocenters. The van der Waals surface area contributed by atoms with Gasteiger partial charge < -0.3 is 16.4 Å². The molecule has 0 spiro atoms. The van der Waals surface area contributed by atoms with Crippen molar-refractivity contribution in [2.45, 2.75) is 4.90 Å². The molecule has 0 radical (unpaired) electrons. The number of thiazole rings is 1. The molecule has 0 bridgehead atoms. The van der Waals surface area contributed by atoms with Crippen molar-refractivity contribution < 1.29 is 22.0 Å². The van der Waals surface area contributed by atoms with Crippen LogP contribution in [0.1, 0.15) is 15.2 Å². The van der Waals surface area contributed by atoms with Crippen LogP contribution in [0.3, 0.4) is 0 Å². The maximum atomic E-state index is 13.9. The van der Waals surface area contributed by atoms with Crippen molar-refractivity contribution in [1.29, 1.82) is 0 Å². The van der Waals surface area contributed by atoms with Crippen LogP contribution < -0.4 is 21.1 Å². The zero-order valence-electron chi connectivity index (χ0n) is 16.3. The molecule has 164 valence electrons. The van der Waals surface area contributed by atoms with Crippen molar-refractivity contribution in [3.8, 4) is 0 Å². The number of sulfonamides is 1. The molecule has 0 aliphatic carbocycles. The smallest absolute Gasteiger partial charge is 0.240 e. The number of rotatable bonds is 9. The number of nitrogens with one attached hydrogen (secondary N) is 3. The largest absolute Gasteiger partial charge is 0.382 e. The van der Waals surface area contributed by atoms with Gasteiger partial charge in [-0.3, -0.25) is 4.79 Å². The fourth-order valence-electron chi connectivity index (χ4n) is 2.61. The first-order chi connectivity index (χ1) is 14.7. The van der Waals surface area contributed by atoms with E-state index in [4.69, 9.17) is 5.73 Å². The molecule has 0 saturated carbocycles. The van der Waals surface area contributed by atoms with Gasteiger partial charge in [-0.1, -0.05) is 17.4 Å². The van der Waals surface area contributed by atoms with Crippen LogP contribution in [-0.4, -0.2) is 39.3 Å². The summed E-state index contributed by atoms with van der Waals surface area (Å²) in [4.78, 5) is 16.5. The van der Waals surface area contributed by atoms with E-state index < -0.39 is 33.0 Å². The van der Waals surface area contributed by atoms with Crippen LogP contribution in [0, 0.1) is 11.6 Å². The number of ketones is 1. The topological polar surface area (TPSA) is 126 Å². The Morgan fingerprint density at radius 2 is 1.74 bits per heavy atom. The summed E-state index contributed by atoms with van der Waals surface area (Å²) in [6.07, 6.45) is 0. The number of benzene rings is 2. The second-order valence-corrected chi connectivity index (χ2v) is 9.08. The minimum absolute atomic E-state index is 0.0821. The first kappa shape index (κ1) is 22.7. The summed E-state index contributed by atoms with van der Waals surface area (Å²) >= 11 is 0.830. The average molecular weight is 468 g/mol. The number of nitrogen functional groups attached to an aromatic ring is 1. The van der Waals surface area contributed by atoms with E-state index >= 15 is 0 Å². The van der Waals surface area contributed by atoms with Crippen molar-refractivity contribution in [2.24, 2.45) is 0 Å². The molecule has 31 heavy (non-hydrogen) atoms. The molecule has 0 unspecified atom stereocenters. The number of hydrogen-bond acceptors (Lipinski definition) is 8. The van der Waals surface area contributed by atoms with E-state index in [1.54, 1.807) is 7.05 Å². The van der Waals surface area contributed by atoms with E-state index in [1.807, 2.05) is 0 Å². The molecule has 3 rings (SSSR count). The Hall–Kier alpha value is -2.93. The van der Waals surface area contributed by atoms with Gasteiger partial charge in [-0.2, -0.15) is 0 Å². The van der Waals surface area contributed by atoms with Gasteiger partial charge in [-0.25, -0.2) is 26.9 Å². The highest BCUT2D eigenvalue weighted by Crippen LogP contribution is 2.31. The van der Waals surface area contributed by atoms with E-state index in [-0.39, 0.29) is 27.3 Å². The summed E-state index contributed by atoms with van der Waals surface area (Å²) < 4.78 is 54.7. The van der Waals surface area contributed by atoms with E-state index in [1.165, 1.54) is 24.3 Å². The van der Waals surface area contributed by atoms with Crippen molar-refractivity contribution >= 4 is 43.8 Å². The summed E-state index contributed by atoms with van der Waals surface area (Å²) in [7, 11) is -1.93. The van der Waals surface area contributed by atoms with Gasteiger partial charge in [0.2, 0.25) is 15.8 Å². The van der Waals surface area contributed by atoms with Gasteiger partial charge in [0.1, 0.15) is 22.3 Å². The molecule has 1 heterocycles. The first-order valence-corrected chi connectivity index (χ1v) is 11.3. The summed E-state index contributed by atoms with van der Waals surface area (Å²) in [5.74, 6) is -3.07. The van der Waals surface area contributed by atoms with Gasteiger partial charge in [0.05, 0.1) is 10.5 Å². The predicted octanol–water partition coefficient (Wildman–Crippen LogP) is 2.48. The standard InChI is InChI=1S/C19H19F2N5O3S2/c1-23-9-10-24-31(28,29)12-7-5-11(6-8-12)25-19-26-18(22)17(30-19)16(27)15-13(20)3-2-4-14(15)21/h2-8,23-24H,9-10,22H2,1H3,(H,25,26). The van der Waals surface area contributed by atoms with E-state index in [9.17, 15) is 22.0 Å². The van der Waals surface area contributed by atoms with Crippen molar-refractivity contribution in [2.75, 3.05) is 31.2 Å². The second kappa shape index (κ2) is 9.47. The third-order valence-electron chi connectivity index (χ3n) is 4.13. The molecule has 8 nitrogen and oxygen atoms in total. The second-order valence-electron chi connectivity index (χ2n) is 6.31. The highest BCUT2D eigenvalue weighted by molar-refractivity contribution is 7.89. The van der Waals surface area contributed by atoms with E-state index in [0.717, 1.165) is 29.5 Å². The fraction of sp³-hybridized carbons (Fsp3) is 0.158. The highest BCUT2D eigenvalue weighted by atomic mass is 32.2. The number of likely N-dealkylation sites (N-methyl/N-ethyl adjacent to an activating group) is 1. The van der Waals surface area contributed by atoms with Crippen LogP contribution in [0.5, 0.6) is 0 Å². The number of nitrogens with zero attached hydrogens (tertiary/aromatic N) is 1. The molecule has 1 aromatic heterocycles. The number of nitrogens with two attached hydrogens (primary N) is 1. The lowest BCUT2D eigenvalue weighted by Crippen LogP contribution is -2.30. The Balaban J connectivity index is 1.77. The number of hydrogen-bond donors (Lipinski definition) is 4. The zero-order chi connectivity index (χ0) is 22.6. The van der Waals surface area contributed by atoms with Gasteiger partial charge >= 0.3 is 0 Å². The molecule has 12 heteroatoms. The Labute approximate surface area is 181 Å². The minimum Gasteiger partial charge on any atom is -0.382 e. The molecule has 2 aromatic carbocycles. The Morgan fingerprint density at radius 3 is 2.35 bits per heavy atom. The summed E-state index contributed by atoms with van der Waals surface area (Å²) in [6, 6.07) is 8.96. The molecule has 0 saturated heterocycles. The lowest BCUT2D eigenvalue weighted by atomic mass is 10.1. The molecule has 0 fully saturated rings. The highest BCUT2D eigenvalue weighted by Gasteiger charge is 2.24. The molecular weight excluding hydrogens is 448 g/mol. The van der Waals surface area contributed by atoms with Gasteiger partial charge in [0.25, 0.3) is 0 Å². The normalized spacial score (nSPS) is 11.5. The molecule has 0 aliphatic heterocycles. The number of carbonyl (C=O) groups excluding carboxylic acids is 1. The van der Waals surface area contributed by atoms with Crippen LogP contribution in [-0.2, 0) is 10.0 Å². The summed E-state index contributed by atoms with van der Waals surface area (Å²) in [5.41, 5.74) is 5.55. The Bertz CT molecular complexity index is 1180. The van der Waals surface area contributed by atoms with Gasteiger partial charge in [-0.15, -0.1) is 0 Å². The lowest BCUT2D eigenvalue weighted by molar-refractivity contribution is 0.103. The van der Waals surface area contributed by atoms with Crippen molar-refractivity contribution in [3.63, 3.8) is 0 Å². The van der Waals surface area contributed by atoms with Gasteiger partial charge in [0.15, 0.2) is 5.13 Å². The van der Waals surface area contributed by atoms with Crippen LogP contribution in [0.15, 0.2) is 47.4 Å². The van der Waals surface area contributed by atoms with Gasteiger partial charge in [0, 0.05) is 18.8 Å². The van der Waals surface area contributed by atoms with Crippen LogP contribution in [0.25, 0.3) is 0 Å². The Morgan fingerprint density at radius 1 is 1.10 bits per heavy atom. The lowest BCUT2D eigenvalue weighted by Gasteiger charge is -2.08. The predicted molar refractivity (Wildman–Crippen MR) is 115 cm³/mol. The number of carbonyl (C=O) groups is 1. The number of anilines is 3. The third-order valence-corrected chi connectivity index (χ3v) is 6.59. The van der Waals surface area contributed by atoms with Crippen LogP contribution in [0.2, 0.25) is 0 Å². The maximum absolute atomic E-state index is 13.9. The quantitative estimate of drug-likeness (QED) is 0.281. The average Bonchev–Trinajstić information content (AvgIpc) is 3.08. The number of aromatic nitrogens is 1. The molecule has 0 amide bonds. The number of halogens is 2. The van der Waals surface area contributed by atoms with E-state index in [2.05, 4.69) is 20.3 Å². The van der Waals surface area contributed by atoms with Gasteiger partial charge in [-0.05, 0) is 43.4 Å². The Kier molecular flexibility index (Phi) is 6.95. The molecule has 0 aliphatic rings. The maximum Gasteiger partial charge on any atom is 0.240 e. The van der Waals surface area contributed by atoms with Crippen molar-refractivity contribution in [1.82, 2.24) is 15.0 Å². The SMILES string of the molecule is CNCCNS(=O)(=O)c1ccc(Nc2nc(N)c(C(=O)c3c(F)cccc3F)s2)cc1. The summed E-state index contributed by atoms with van der Waals surface area (Å²) in [6.45, 7) is 0.735. The molecule has 5 N–H and O–H groups in total.